The Labute approximate surface area is 160 Å². The summed E-state index contributed by atoms with van der Waals surface area (Å²) < 4.78 is 1.05. The average Bonchev–Trinajstić information content (AvgIpc) is 3.27. The molecule has 4 heterocycles. The van der Waals surface area contributed by atoms with Gasteiger partial charge < -0.3 is 10.2 Å². The molecule has 0 bridgehead atoms. The number of carbonyl (C=O) groups excluding carboxylic acids is 2. The van der Waals surface area contributed by atoms with Crippen LogP contribution in [0.5, 0.6) is 0 Å². The molecule has 1 N–H and O–H groups in total. The van der Waals surface area contributed by atoms with Gasteiger partial charge in [0.25, 0.3) is 0 Å². The molecule has 2 saturated heterocycles. The van der Waals surface area contributed by atoms with Gasteiger partial charge in [-0.05, 0) is 41.4 Å². The number of carbonyl (C=O) groups is 2. The lowest BCUT2D eigenvalue weighted by atomic mass is 10.2. The van der Waals surface area contributed by atoms with E-state index < -0.39 is 6.04 Å². The molecule has 2 aliphatic rings. The molecule has 2 atom stereocenters. The first-order valence-corrected chi connectivity index (χ1v) is 10.9. The average molecular weight is 444 g/mol. The quantitative estimate of drug-likeness (QED) is 0.777. The summed E-state index contributed by atoms with van der Waals surface area (Å²) in [6.07, 6.45) is 1.34. The van der Waals surface area contributed by atoms with E-state index in [0.717, 1.165) is 20.8 Å². The summed E-state index contributed by atoms with van der Waals surface area (Å²) in [7, 11) is 0. The van der Waals surface area contributed by atoms with E-state index in [-0.39, 0.29) is 16.7 Å². The first kappa shape index (κ1) is 16.6. The summed E-state index contributed by atoms with van der Waals surface area (Å²) in [5.41, 5.74) is 0.855. The van der Waals surface area contributed by atoms with Gasteiger partial charge in [0, 0.05) is 17.6 Å². The van der Waals surface area contributed by atoms with Crippen LogP contribution in [0.2, 0.25) is 0 Å². The summed E-state index contributed by atoms with van der Waals surface area (Å²) >= 11 is 8.14. The van der Waals surface area contributed by atoms with Crippen LogP contribution in [-0.2, 0) is 9.59 Å². The number of rotatable bonds is 3. The first-order chi connectivity index (χ1) is 11.5. The van der Waals surface area contributed by atoms with E-state index in [9.17, 15) is 9.59 Å². The summed E-state index contributed by atoms with van der Waals surface area (Å²) in [6.45, 7) is 2.05. The van der Waals surface area contributed by atoms with Crippen LogP contribution in [0.1, 0.15) is 19.8 Å². The highest BCUT2D eigenvalue weighted by atomic mass is 79.9. The summed E-state index contributed by atoms with van der Waals surface area (Å²) in [5.74, 6) is 0.574. The molecule has 2 fully saturated rings. The maximum atomic E-state index is 12.6. The topological polar surface area (TPSA) is 62.3 Å². The predicted octanol–water partition coefficient (Wildman–Crippen LogP) is 4.03. The molecule has 126 valence electrons. The molecule has 0 saturated carbocycles. The number of nitrogens with zero attached hydrogens (tertiary/aromatic N) is 2. The lowest BCUT2D eigenvalue weighted by Gasteiger charge is -2.29. The molecule has 5 nitrogen and oxygen atoms in total. The van der Waals surface area contributed by atoms with Crippen LogP contribution >= 0.6 is 50.4 Å². The van der Waals surface area contributed by atoms with Crippen LogP contribution in [0.25, 0.3) is 10.6 Å². The number of halogens is 1. The lowest BCUT2D eigenvalue weighted by molar-refractivity contribution is -0.135. The van der Waals surface area contributed by atoms with E-state index in [0.29, 0.717) is 17.3 Å². The highest BCUT2D eigenvalue weighted by Gasteiger charge is 2.52. The van der Waals surface area contributed by atoms with Crippen molar-refractivity contribution in [1.82, 2.24) is 9.88 Å². The minimum Gasteiger partial charge on any atom is -0.315 e. The predicted molar refractivity (Wildman–Crippen MR) is 102 cm³/mol. The van der Waals surface area contributed by atoms with Crippen molar-refractivity contribution >= 4 is 67.3 Å². The van der Waals surface area contributed by atoms with Crippen molar-refractivity contribution in [2.45, 2.75) is 30.7 Å². The van der Waals surface area contributed by atoms with Crippen molar-refractivity contribution in [3.05, 3.63) is 21.3 Å². The number of nitrogens with one attached hydrogen (secondary N) is 1. The van der Waals surface area contributed by atoms with Gasteiger partial charge in [0.05, 0.1) is 19.2 Å². The molecule has 2 aromatic rings. The van der Waals surface area contributed by atoms with Crippen molar-refractivity contribution in [3.8, 4) is 10.6 Å². The van der Waals surface area contributed by atoms with E-state index >= 15 is 0 Å². The number of aromatic nitrogens is 1. The lowest BCUT2D eigenvalue weighted by Crippen LogP contribution is -2.48. The van der Waals surface area contributed by atoms with Gasteiger partial charge in [-0.25, -0.2) is 4.98 Å². The highest BCUT2D eigenvalue weighted by molar-refractivity contribution is 9.11. The number of hydrogen-bond donors (Lipinski definition) is 1. The maximum Gasteiger partial charge on any atom is 0.249 e. The number of thiophene rings is 1. The maximum absolute atomic E-state index is 12.6. The van der Waals surface area contributed by atoms with Crippen molar-refractivity contribution in [1.29, 1.82) is 0 Å². The van der Waals surface area contributed by atoms with Crippen LogP contribution < -0.4 is 5.32 Å². The molecule has 2 aliphatic heterocycles. The van der Waals surface area contributed by atoms with Crippen molar-refractivity contribution < 1.29 is 9.59 Å². The Balaban J connectivity index is 1.49. The number of fused-ring (bicyclic) bond motifs is 1. The zero-order chi connectivity index (χ0) is 16.9. The van der Waals surface area contributed by atoms with E-state index in [1.165, 1.54) is 11.3 Å². The Hall–Kier alpha value is -0.900. The molecule has 24 heavy (non-hydrogen) atoms. The van der Waals surface area contributed by atoms with Crippen LogP contribution in [0.4, 0.5) is 5.13 Å². The van der Waals surface area contributed by atoms with Gasteiger partial charge in [-0.15, -0.1) is 34.4 Å². The summed E-state index contributed by atoms with van der Waals surface area (Å²) in [5, 5.41) is 5.39. The van der Waals surface area contributed by atoms with E-state index in [1.807, 2.05) is 24.4 Å². The molecule has 0 spiro atoms. The second-order valence-corrected chi connectivity index (χ2v) is 10.7. The molecule has 0 unspecified atom stereocenters. The van der Waals surface area contributed by atoms with Gasteiger partial charge in [0.1, 0.15) is 6.04 Å². The molecular formula is C15H14BrN3O2S3. The highest BCUT2D eigenvalue weighted by Crippen LogP contribution is 2.47. The zero-order valence-corrected chi connectivity index (χ0v) is 16.8. The fraction of sp³-hybridized carbons (Fsp3) is 0.400. The Bertz CT molecular complexity index is 821. The second-order valence-electron chi connectivity index (χ2n) is 5.90. The molecule has 4 rings (SSSR count). The standard InChI is InChI=1S/C15H14BrN3O2S3/c1-15-5-4-12(20)19(15)9(7-23-15)13(21)18-14-17-8(6-22-14)10-2-3-11(16)24-10/h2-3,6,9H,4-5,7H2,1H3,(H,17,18,21)/t9-,15+/m0/s1. The number of thioether (sulfide) groups is 1. The van der Waals surface area contributed by atoms with Gasteiger partial charge in [-0.1, -0.05) is 0 Å². The van der Waals surface area contributed by atoms with Crippen LogP contribution in [0.15, 0.2) is 21.3 Å². The smallest absolute Gasteiger partial charge is 0.249 e. The minimum absolute atomic E-state index is 0.0749. The molecule has 9 heteroatoms. The van der Waals surface area contributed by atoms with E-state index in [4.69, 9.17) is 0 Å². The van der Waals surface area contributed by atoms with Gasteiger partial charge in [0.15, 0.2) is 5.13 Å². The first-order valence-electron chi connectivity index (χ1n) is 7.44. The molecule has 0 aliphatic carbocycles. The second kappa shape index (κ2) is 6.12. The molecule has 0 aromatic carbocycles. The van der Waals surface area contributed by atoms with Gasteiger partial charge in [-0.3, -0.25) is 9.59 Å². The Morgan fingerprint density at radius 3 is 3.08 bits per heavy atom. The number of thiazole rings is 1. The van der Waals surface area contributed by atoms with Crippen molar-refractivity contribution in [3.63, 3.8) is 0 Å². The van der Waals surface area contributed by atoms with Crippen LogP contribution in [0, 0.1) is 0 Å². The molecule has 2 amide bonds. The largest absolute Gasteiger partial charge is 0.315 e. The Morgan fingerprint density at radius 2 is 2.33 bits per heavy atom. The number of amides is 2. The van der Waals surface area contributed by atoms with Gasteiger partial charge >= 0.3 is 0 Å². The normalized spacial score (nSPS) is 26.0. The summed E-state index contributed by atoms with van der Waals surface area (Å²) in [4.78, 5) is 31.9. The molecule has 0 radical (unpaired) electrons. The Morgan fingerprint density at radius 1 is 1.50 bits per heavy atom. The van der Waals surface area contributed by atoms with Crippen molar-refractivity contribution in [2.75, 3.05) is 11.1 Å². The monoisotopic (exact) mass is 443 g/mol. The fourth-order valence-electron chi connectivity index (χ4n) is 3.10. The van der Waals surface area contributed by atoms with Gasteiger partial charge in [0.2, 0.25) is 11.8 Å². The Kier molecular flexibility index (Phi) is 4.22. The van der Waals surface area contributed by atoms with Crippen LogP contribution in [-0.4, -0.2) is 38.4 Å². The molecule has 2 aromatic heterocycles. The summed E-state index contributed by atoms with van der Waals surface area (Å²) in [6, 6.07) is 3.57. The minimum atomic E-state index is -0.404. The third kappa shape index (κ3) is 2.81. The van der Waals surface area contributed by atoms with Crippen LogP contribution in [0.3, 0.4) is 0 Å². The SMILES string of the molecule is C[C@@]12CCC(=O)N1[C@H](C(=O)Nc1nc(-c3ccc(Br)s3)cs1)CS2. The van der Waals surface area contributed by atoms with Crippen molar-refractivity contribution in [2.24, 2.45) is 0 Å². The van der Waals surface area contributed by atoms with E-state index in [1.54, 1.807) is 28.0 Å². The van der Waals surface area contributed by atoms with E-state index in [2.05, 4.69) is 26.2 Å². The third-order valence-corrected chi connectivity index (χ3v) is 8.22. The zero-order valence-electron chi connectivity index (χ0n) is 12.7. The number of hydrogen-bond acceptors (Lipinski definition) is 6. The van der Waals surface area contributed by atoms with Gasteiger partial charge in [-0.2, -0.15) is 0 Å². The number of anilines is 1. The fourth-order valence-corrected chi connectivity index (χ4v) is 6.67. The molecular weight excluding hydrogens is 430 g/mol. The third-order valence-electron chi connectivity index (χ3n) is 4.31.